The summed E-state index contributed by atoms with van der Waals surface area (Å²) in [5.74, 6) is -8.90. The molecule has 28 nitrogen and oxygen atoms in total. The number of carbonyl (C=O) groups is 4. The lowest BCUT2D eigenvalue weighted by atomic mass is 9.78. The van der Waals surface area contributed by atoms with E-state index in [-0.39, 0.29) is 81.5 Å². The third-order valence-corrected chi connectivity index (χ3v) is 20.9. The Bertz CT molecular complexity index is 4790. The number of primary amides is 1. The number of benzene rings is 6. The van der Waals surface area contributed by atoms with Gasteiger partial charge in [-0.25, -0.2) is 9.97 Å². The summed E-state index contributed by atoms with van der Waals surface area (Å²) in [5.41, 5.74) is 11.3. The SMILES string of the molecule is CC(C)N=c1cc2n(-c3ccc(Cl)cc3)c3ccccc3nc-2cc1Nc1ccc(Cl)cc1.CC[C@@H](CO)NCCN[C@@H](CC)CO.CO[C@H]1/C=C/O[C@@]2(C)Oc3c(C)c(O)c4c(O)c(c(/C=N/N5CCN(C)CC5)c(O)c4c3C2=O)NC(=O)/C(C)=C\C=C\[C@H](C)[C@H](O)[C@@H](C)[C@@H](O)[C@@H](C)[C@H](OC(C)=O)[C@@H]1C.NC(=O)c1cnccn1. The molecule has 30 heteroatoms. The van der Waals surface area contributed by atoms with Gasteiger partial charge in [-0.2, -0.15) is 5.10 Å². The van der Waals surface area contributed by atoms with Gasteiger partial charge in [-0.15, -0.1) is 0 Å². The van der Waals surface area contributed by atoms with Crippen molar-refractivity contribution in [2.45, 2.75) is 144 Å². The number of allylic oxidation sites excluding steroid dienone is 2. The molecule has 1 saturated heterocycles. The van der Waals surface area contributed by atoms with Gasteiger partial charge in [-0.3, -0.25) is 34.2 Å². The van der Waals surface area contributed by atoms with Crippen molar-refractivity contribution in [3.8, 4) is 40.1 Å². The van der Waals surface area contributed by atoms with Crippen molar-refractivity contribution in [2.24, 2.45) is 39.5 Å². The summed E-state index contributed by atoms with van der Waals surface area (Å²) >= 11 is 12.2. The van der Waals surface area contributed by atoms with E-state index in [9.17, 15) is 44.7 Å². The topological polar surface area (TPSA) is 396 Å². The minimum atomic E-state index is -2.04. The smallest absolute Gasteiger partial charge is 0.312 e. The van der Waals surface area contributed by atoms with E-state index >= 15 is 0 Å². The highest BCUT2D eigenvalue weighted by molar-refractivity contribution is 6.31. The Balaban J connectivity index is 0.000000243. The van der Waals surface area contributed by atoms with E-state index in [1.807, 2.05) is 87.6 Å². The standard InChI is InChI=1S/C43H58N4O12.C27H22Cl2N4.C10H24N2O2.C5H5N3O/c1-21-12-11-13-22(2)42(55)45-33-28(20-44-47-17-15-46(9)16-18-47)37(52)30-31(38(33)53)36(51)26(6)40-32(30)41(54)43(8,59-40)57-19-14-29(56-10)23(3)39(58-27(7)48)25(5)35(50)24(4)34(21)49;1-17(2)30-24-16-27-25(15-23(24)31-20-11-7-18(28)8-12-20)32-22-5-3-4-6-26(22)33(27)21-13-9-19(29)10-14-21;1-3-9(7-13)11-5-6-12-10(4-2)8-14;6-5(9)4-3-7-1-2-8-4/h11-14,19-21,23-25,29,34-35,39,49-53H,15-18H2,1-10H3,(H,45,55);3-17,31H,1-2H3;9-14H,3-8H2,1-2H3;1-3H,(H2,6,9)/b12-11+,19-14+,22-13-,44-20+;;;/t21-,23+,24+,25+,29-,34-,35+,39+,43-;;9-,10-;/m0.0./s1. The molecule has 5 aliphatic heterocycles. The second kappa shape index (κ2) is 42.0. The van der Waals surface area contributed by atoms with Gasteiger partial charge in [0.2, 0.25) is 0 Å². The van der Waals surface area contributed by atoms with Crippen LogP contribution in [0.4, 0.5) is 17.1 Å². The molecule has 13 N–H and O–H groups in total. The second-order valence-electron chi connectivity index (χ2n) is 29.2. The first-order chi connectivity index (χ1) is 54.8. The molecule has 618 valence electrons. The van der Waals surface area contributed by atoms with E-state index in [2.05, 4.69) is 77.9 Å². The molecule has 0 saturated carbocycles. The summed E-state index contributed by atoms with van der Waals surface area (Å²) in [7, 11) is 3.42. The lowest BCUT2D eigenvalue weighted by Gasteiger charge is -2.38. The summed E-state index contributed by atoms with van der Waals surface area (Å²) in [6.07, 6.45) is 11.0. The molecule has 0 spiro atoms. The molecule has 2 amide bonds. The largest absolute Gasteiger partial charge is 0.507 e. The van der Waals surface area contributed by atoms with Crippen LogP contribution in [0.1, 0.15) is 121 Å². The van der Waals surface area contributed by atoms with Crippen molar-refractivity contribution in [2.75, 3.05) is 77.3 Å². The van der Waals surface area contributed by atoms with Crippen LogP contribution in [0.5, 0.6) is 23.0 Å². The molecule has 6 aliphatic rings. The molecule has 0 radical (unpaired) electrons. The fourth-order valence-corrected chi connectivity index (χ4v) is 13.7. The average molecular weight is 1620 g/mol. The number of aromatic hydroxyl groups is 3. The quantitative estimate of drug-likeness (QED) is 0.00948. The Hall–Kier alpha value is -10.1. The van der Waals surface area contributed by atoms with Gasteiger partial charge in [0.25, 0.3) is 17.6 Å². The zero-order chi connectivity index (χ0) is 84.1. The maximum atomic E-state index is 14.4. The van der Waals surface area contributed by atoms with Crippen LogP contribution >= 0.6 is 23.2 Å². The van der Waals surface area contributed by atoms with Crippen molar-refractivity contribution < 1.29 is 73.9 Å². The Labute approximate surface area is 680 Å². The Morgan fingerprint density at radius 3 is 2.03 bits per heavy atom. The molecular weight excluding hydrogens is 1510 g/mol. The number of hydrogen-bond donors (Lipinski definition) is 12. The zero-order valence-corrected chi connectivity index (χ0v) is 69.0. The number of phenolic OH excluding ortho intramolecular Hbond substituents is 3. The number of Topliss-reactive ketones (excluding diaryl/α,β-unsaturated/α-hetero) is 1. The number of carbonyl (C=O) groups excluding carboxylic acids is 4. The van der Waals surface area contributed by atoms with E-state index in [1.165, 1.54) is 78.0 Å². The number of rotatable bonds is 18. The molecule has 1 aliphatic carbocycles. The van der Waals surface area contributed by atoms with Crippen LogP contribution in [0.2, 0.25) is 10.0 Å². The number of esters is 1. The normalized spacial score (nSPS) is 22.5. The number of aliphatic hydroxyl groups excluding tert-OH is 4. The number of piperazine rings is 1. The van der Waals surface area contributed by atoms with E-state index in [0.29, 0.717) is 23.1 Å². The van der Waals surface area contributed by atoms with E-state index in [4.69, 9.17) is 68.1 Å². The summed E-state index contributed by atoms with van der Waals surface area (Å²) in [5, 5.41) is 96.9. The van der Waals surface area contributed by atoms with Gasteiger partial charge in [0.05, 0.1) is 106 Å². The minimum Gasteiger partial charge on any atom is -0.507 e. The first-order valence-corrected chi connectivity index (χ1v) is 39.1. The highest BCUT2D eigenvalue weighted by Crippen LogP contribution is 2.55. The predicted octanol–water partition coefficient (Wildman–Crippen LogP) is 11.1. The fourth-order valence-electron chi connectivity index (χ4n) is 13.5. The van der Waals surface area contributed by atoms with Crippen LogP contribution in [0.15, 0.2) is 150 Å². The van der Waals surface area contributed by atoms with Crippen LogP contribution in [0.3, 0.4) is 0 Å². The third-order valence-electron chi connectivity index (χ3n) is 20.4. The van der Waals surface area contributed by atoms with Gasteiger partial charge in [0, 0.05) is 152 Å². The third kappa shape index (κ3) is 22.9. The Kier molecular flexibility index (Phi) is 33.0. The maximum absolute atomic E-state index is 14.4. The molecule has 5 bridgehead atoms. The number of hydrazone groups is 1. The number of halogens is 2. The number of nitrogens with two attached hydrogens (primary N) is 1. The summed E-state index contributed by atoms with van der Waals surface area (Å²) in [6.45, 7) is 25.4. The fraction of sp³-hybridized carbons (Fsp3) is 0.424. The lowest BCUT2D eigenvalue weighted by Crippen LogP contribution is -2.46. The molecule has 12 rings (SSSR count). The Morgan fingerprint density at radius 2 is 1.46 bits per heavy atom. The molecule has 6 aromatic rings. The molecule has 11 atom stereocenters. The van der Waals surface area contributed by atoms with Crippen molar-refractivity contribution in [3.05, 3.63) is 177 Å². The first kappa shape index (κ1) is 90.4. The van der Waals surface area contributed by atoms with Gasteiger partial charge >= 0.3 is 11.8 Å². The number of ether oxygens (including phenoxy) is 4. The lowest BCUT2D eigenvalue weighted by molar-refractivity contribution is -0.160. The number of fused-ring (bicyclic) bond motifs is 16. The summed E-state index contributed by atoms with van der Waals surface area (Å²) < 4.78 is 25.8. The number of amides is 2. The van der Waals surface area contributed by atoms with Crippen LogP contribution in [-0.4, -0.2) is 210 Å². The number of aliphatic hydroxyl groups is 4. The van der Waals surface area contributed by atoms with Crippen molar-refractivity contribution >= 4 is 91.9 Å². The molecular formula is C85H109Cl2N13O15. The number of phenols is 3. The van der Waals surface area contributed by atoms with Gasteiger partial charge in [0.15, 0.2) is 5.75 Å². The van der Waals surface area contributed by atoms with Crippen LogP contribution in [0, 0.1) is 30.6 Å². The van der Waals surface area contributed by atoms with Crippen LogP contribution in [0.25, 0.3) is 38.9 Å². The van der Waals surface area contributed by atoms with Gasteiger partial charge in [-0.05, 0) is 126 Å². The van der Waals surface area contributed by atoms with Crippen molar-refractivity contribution in [1.29, 1.82) is 0 Å². The zero-order valence-electron chi connectivity index (χ0n) is 67.5. The molecule has 115 heavy (non-hydrogen) atoms. The number of anilines is 3. The highest BCUT2D eigenvalue weighted by atomic mass is 35.5. The number of ketones is 1. The highest BCUT2D eigenvalue weighted by Gasteiger charge is 2.50. The van der Waals surface area contributed by atoms with Gasteiger partial charge in [-0.1, -0.05) is 95.1 Å². The van der Waals surface area contributed by atoms with Crippen molar-refractivity contribution in [1.82, 2.24) is 40.1 Å². The van der Waals surface area contributed by atoms with Crippen LogP contribution in [-0.2, 0) is 23.8 Å². The number of nitrogens with one attached hydrogen (secondary N) is 4. The predicted molar refractivity (Wildman–Crippen MR) is 447 cm³/mol. The summed E-state index contributed by atoms with van der Waals surface area (Å²) in [4.78, 5) is 70.1. The number of methoxy groups -OCH3 is 1. The van der Waals surface area contributed by atoms with E-state index in [1.54, 1.807) is 44.9 Å². The minimum absolute atomic E-state index is 0.0559. The number of para-hydroxylation sites is 2. The average Bonchev–Trinajstić information content (AvgIpc) is 1.60. The molecule has 1 fully saturated rings. The molecule has 1 aromatic heterocycles. The molecule has 5 aromatic carbocycles. The number of likely N-dealkylation sites (N-methyl/N-ethyl adjacent to an activating group) is 1. The van der Waals surface area contributed by atoms with Gasteiger partial charge < -0.3 is 91.2 Å². The number of nitrogens with zero attached hydrogens (tertiary/aromatic N) is 8. The first-order valence-electron chi connectivity index (χ1n) is 38.4. The monoisotopic (exact) mass is 1620 g/mol. The van der Waals surface area contributed by atoms with Crippen LogP contribution < -0.4 is 37.1 Å². The van der Waals surface area contributed by atoms with Gasteiger partial charge in [0.1, 0.15) is 29.0 Å². The van der Waals surface area contributed by atoms with E-state index < -0.39 is 94.7 Å². The number of aromatic nitrogens is 4. The van der Waals surface area contributed by atoms with Crippen molar-refractivity contribution in [3.63, 3.8) is 0 Å². The maximum Gasteiger partial charge on any atom is 0.312 e. The summed E-state index contributed by atoms with van der Waals surface area (Å²) in [6, 6.07) is 28.3. The Morgan fingerprint density at radius 1 is 0.826 bits per heavy atom. The molecule has 0 unspecified atom stereocenters. The molecule has 6 heterocycles. The number of hydrogen-bond acceptors (Lipinski definition) is 25. The second-order valence-corrected chi connectivity index (χ2v) is 30.1. The van der Waals surface area contributed by atoms with E-state index in [0.717, 1.165) is 83.9 Å².